The maximum absolute atomic E-state index is 13.3. The summed E-state index contributed by atoms with van der Waals surface area (Å²) in [6.45, 7) is 3.80. The number of carbonyl (C=O) groups is 1. The molecule has 2 aromatic carbocycles. The van der Waals surface area contributed by atoms with Gasteiger partial charge in [-0.1, -0.05) is 41.9 Å². The van der Waals surface area contributed by atoms with Crippen LogP contribution < -0.4 is 4.90 Å². The van der Waals surface area contributed by atoms with Gasteiger partial charge in [-0.05, 0) is 44.0 Å². The average Bonchev–Trinajstić information content (AvgIpc) is 3.15. The molecule has 0 saturated carbocycles. The highest BCUT2D eigenvalue weighted by molar-refractivity contribution is 7.17. The molecule has 1 fully saturated rings. The monoisotopic (exact) mass is 425 g/mol. The Kier molecular flexibility index (Phi) is 5.88. The van der Waals surface area contributed by atoms with E-state index in [1.165, 1.54) is 17.0 Å². The van der Waals surface area contributed by atoms with Crippen molar-refractivity contribution in [2.24, 2.45) is 0 Å². The van der Waals surface area contributed by atoms with Crippen molar-refractivity contribution in [2.75, 3.05) is 25.0 Å². The Morgan fingerprint density at radius 3 is 2.62 bits per heavy atom. The van der Waals surface area contributed by atoms with Crippen molar-refractivity contribution in [2.45, 2.75) is 25.8 Å². The first-order valence-electron chi connectivity index (χ1n) is 9.83. The molecule has 0 radical (unpaired) electrons. The molecule has 4 nitrogen and oxygen atoms in total. The number of aryl methyl sites for hydroxylation is 1. The minimum Gasteiger partial charge on any atom is -0.369 e. The van der Waals surface area contributed by atoms with E-state index in [2.05, 4.69) is 34.1 Å². The van der Waals surface area contributed by atoms with Crippen LogP contribution in [0.4, 0.5) is 5.69 Å². The van der Waals surface area contributed by atoms with Crippen molar-refractivity contribution in [3.05, 3.63) is 70.2 Å². The fraction of sp³-hybridized carbons (Fsp3) is 0.304. The molecule has 1 saturated heterocycles. The lowest BCUT2D eigenvalue weighted by molar-refractivity contribution is 0.0721. The Bertz CT molecular complexity index is 987. The van der Waals surface area contributed by atoms with Crippen LogP contribution in [0.2, 0.25) is 5.02 Å². The number of hydrogen-bond donors (Lipinski definition) is 0. The second-order valence-electron chi connectivity index (χ2n) is 7.43. The van der Waals surface area contributed by atoms with E-state index in [1.54, 1.807) is 0 Å². The zero-order valence-corrected chi connectivity index (χ0v) is 18.2. The molecule has 1 aliphatic rings. The number of likely N-dealkylation sites (N-methyl/N-ethyl adjacent to an activating group) is 1. The van der Waals surface area contributed by atoms with E-state index in [0.29, 0.717) is 9.90 Å². The number of aromatic nitrogens is 1. The van der Waals surface area contributed by atoms with E-state index < -0.39 is 0 Å². The lowest BCUT2D eigenvalue weighted by Crippen LogP contribution is -2.48. The number of para-hydroxylation sites is 1. The van der Waals surface area contributed by atoms with Crippen molar-refractivity contribution in [3.63, 3.8) is 0 Å². The zero-order chi connectivity index (χ0) is 20.4. The van der Waals surface area contributed by atoms with Crippen LogP contribution in [-0.4, -0.2) is 42.0 Å². The van der Waals surface area contributed by atoms with Gasteiger partial charge in [0.1, 0.15) is 9.88 Å². The molecule has 4 rings (SSSR count). The summed E-state index contributed by atoms with van der Waals surface area (Å²) in [6.07, 6.45) is 2.10. The second kappa shape index (κ2) is 8.56. The molecule has 1 unspecified atom stereocenters. The molecule has 1 aliphatic heterocycles. The van der Waals surface area contributed by atoms with Gasteiger partial charge in [0.05, 0.1) is 5.69 Å². The van der Waals surface area contributed by atoms with Crippen LogP contribution in [-0.2, 0) is 0 Å². The number of amides is 1. The molecular formula is C23H24ClN3OS. The van der Waals surface area contributed by atoms with Gasteiger partial charge in [0.2, 0.25) is 0 Å². The third-order valence-corrected chi connectivity index (χ3v) is 6.91. The van der Waals surface area contributed by atoms with Crippen LogP contribution in [0.1, 0.15) is 28.2 Å². The molecule has 1 atom stereocenters. The van der Waals surface area contributed by atoms with Gasteiger partial charge in [0.15, 0.2) is 0 Å². The van der Waals surface area contributed by atoms with Crippen LogP contribution in [0.3, 0.4) is 0 Å². The van der Waals surface area contributed by atoms with Gasteiger partial charge in [-0.3, -0.25) is 4.79 Å². The summed E-state index contributed by atoms with van der Waals surface area (Å²) in [5, 5.41) is 1.55. The summed E-state index contributed by atoms with van der Waals surface area (Å²) < 4.78 is 0. The Morgan fingerprint density at radius 2 is 1.90 bits per heavy atom. The summed E-state index contributed by atoms with van der Waals surface area (Å²) in [5.74, 6) is 0.0557. The normalized spacial score (nSPS) is 16.7. The van der Waals surface area contributed by atoms with Gasteiger partial charge in [-0.25, -0.2) is 4.98 Å². The Morgan fingerprint density at radius 1 is 1.17 bits per heavy atom. The Hall–Kier alpha value is -2.37. The first-order valence-corrected chi connectivity index (χ1v) is 11.0. The minimum absolute atomic E-state index is 0.0557. The van der Waals surface area contributed by atoms with E-state index in [1.807, 2.05) is 49.2 Å². The van der Waals surface area contributed by atoms with Crippen molar-refractivity contribution in [1.29, 1.82) is 0 Å². The average molecular weight is 426 g/mol. The Labute approximate surface area is 180 Å². The van der Waals surface area contributed by atoms with Crippen LogP contribution >= 0.6 is 22.9 Å². The maximum atomic E-state index is 13.3. The quantitative estimate of drug-likeness (QED) is 0.552. The number of benzene rings is 2. The van der Waals surface area contributed by atoms with Crippen LogP contribution in [0, 0.1) is 6.92 Å². The molecule has 0 spiro atoms. The first-order chi connectivity index (χ1) is 14.0. The highest BCUT2D eigenvalue weighted by Crippen LogP contribution is 2.30. The largest absolute Gasteiger partial charge is 0.369 e. The summed E-state index contributed by atoms with van der Waals surface area (Å²) >= 11 is 7.44. The van der Waals surface area contributed by atoms with Gasteiger partial charge in [-0.2, -0.15) is 0 Å². The number of piperidine rings is 1. The number of anilines is 1. The summed E-state index contributed by atoms with van der Waals surface area (Å²) in [4.78, 5) is 22.9. The van der Waals surface area contributed by atoms with E-state index in [0.717, 1.165) is 42.2 Å². The second-order valence-corrected chi connectivity index (χ2v) is 8.87. The highest BCUT2D eigenvalue weighted by atomic mass is 35.5. The highest BCUT2D eigenvalue weighted by Gasteiger charge is 2.29. The SMILES string of the molecule is Cc1nc(-c2ccc(Cl)cc2)sc1C(=O)N(C)C1CCCN(c2ccccc2)C1. The lowest BCUT2D eigenvalue weighted by Gasteiger charge is -2.38. The maximum Gasteiger partial charge on any atom is 0.265 e. The van der Waals surface area contributed by atoms with E-state index >= 15 is 0 Å². The molecule has 0 N–H and O–H groups in total. The third-order valence-electron chi connectivity index (χ3n) is 5.47. The molecule has 3 aromatic rings. The molecule has 29 heavy (non-hydrogen) atoms. The summed E-state index contributed by atoms with van der Waals surface area (Å²) in [5.41, 5.74) is 2.99. The fourth-order valence-electron chi connectivity index (χ4n) is 3.78. The van der Waals surface area contributed by atoms with Crippen molar-refractivity contribution < 1.29 is 4.79 Å². The van der Waals surface area contributed by atoms with Crippen LogP contribution in [0.15, 0.2) is 54.6 Å². The number of rotatable bonds is 4. The van der Waals surface area contributed by atoms with Gasteiger partial charge in [0.25, 0.3) is 5.91 Å². The zero-order valence-electron chi connectivity index (χ0n) is 16.6. The predicted octanol–water partition coefficient (Wildman–Crippen LogP) is 5.51. The molecule has 0 bridgehead atoms. The predicted molar refractivity (Wildman–Crippen MR) is 121 cm³/mol. The van der Waals surface area contributed by atoms with Crippen molar-refractivity contribution in [1.82, 2.24) is 9.88 Å². The van der Waals surface area contributed by atoms with Gasteiger partial charge < -0.3 is 9.80 Å². The number of hydrogen-bond acceptors (Lipinski definition) is 4. The smallest absolute Gasteiger partial charge is 0.265 e. The van der Waals surface area contributed by atoms with E-state index in [4.69, 9.17) is 11.6 Å². The molecule has 6 heteroatoms. The number of carbonyl (C=O) groups excluding carboxylic acids is 1. The third kappa shape index (κ3) is 4.31. The van der Waals surface area contributed by atoms with Gasteiger partial charge in [-0.15, -0.1) is 11.3 Å². The molecule has 0 aliphatic carbocycles. The van der Waals surface area contributed by atoms with E-state index in [-0.39, 0.29) is 11.9 Å². The van der Waals surface area contributed by atoms with Gasteiger partial charge in [0, 0.05) is 42.5 Å². The number of nitrogens with zero attached hydrogens (tertiary/aromatic N) is 3. The molecule has 1 amide bonds. The molecule has 2 heterocycles. The van der Waals surface area contributed by atoms with E-state index in [9.17, 15) is 4.79 Å². The number of halogens is 1. The van der Waals surface area contributed by atoms with Gasteiger partial charge >= 0.3 is 0 Å². The molecule has 1 aromatic heterocycles. The standard InChI is InChI=1S/C23H24ClN3OS/c1-16-21(29-22(25-16)17-10-12-18(24)13-11-17)23(28)26(2)20-9-6-14-27(15-20)19-7-4-3-5-8-19/h3-5,7-8,10-13,20H,6,9,14-15H2,1-2H3. The topological polar surface area (TPSA) is 36.4 Å². The van der Waals surface area contributed by atoms with Crippen molar-refractivity contribution in [3.8, 4) is 10.6 Å². The van der Waals surface area contributed by atoms with Crippen molar-refractivity contribution >= 4 is 34.5 Å². The lowest BCUT2D eigenvalue weighted by atomic mass is 10.0. The summed E-state index contributed by atoms with van der Waals surface area (Å²) in [7, 11) is 1.92. The molecular weight excluding hydrogens is 402 g/mol. The Balaban J connectivity index is 1.51. The fourth-order valence-corrected chi connectivity index (χ4v) is 4.96. The minimum atomic E-state index is 0.0557. The van der Waals surface area contributed by atoms with Crippen LogP contribution in [0.5, 0.6) is 0 Å². The molecule has 150 valence electrons. The first kappa shape index (κ1) is 19.9. The van der Waals surface area contributed by atoms with Crippen LogP contribution in [0.25, 0.3) is 10.6 Å². The summed E-state index contributed by atoms with van der Waals surface area (Å²) in [6, 6.07) is 18.2. The number of thiazole rings is 1.